The molecule has 0 fully saturated rings. The second-order valence-corrected chi connectivity index (χ2v) is 6.89. The maximum absolute atomic E-state index is 5.89. The summed E-state index contributed by atoms with van der Waals surface area (Å²) in [5, 5.41) is 7.74. The molecule has 2 aromatic rings. The Hall–Kier alpha value is -1.81. The average Bonchev–Trinajstić information content (AvgIpc) is 3.06. The SMILES string of the molecule is CN=C(NCC(c1cnn(C)c1)N(C)C)N(C)CCOc1ccccc1C.I. The molecule has 8 heteroatoms. The van der Waals surface area contributed by atoms with Crippen LogP contribution in [0.15, 0.2) is 41.7 Å². The number of hydrogen-bond donors (Lipinski definition) is 1. The first-order valence-electron chi connectivity index (χ1n) is 9.17. The van der Waals surface area contributed by atoms with Gasteiger partial charge < -0.3 is 19.9 Å². The Balaban J connectivity index is 0.00000392. The first-order valence-corrected chi connectivity index (χ1v) is 9.17. The summed E-state index contributed by atoms with van der Waals surface area (Å²) in [5.41, 5.74) is 2.32. The summed E-state index contributed by atoms with van der Waals surface area (Å²) in [6, 6.07) is 8.28. The molecular formula is C20H33IN6O. The number of likely N-dealkylation sites (N-methyl/N-ethyl adjacent to an activating group) is 2. The summed E-state index contributed by atoms with van der Waals surface area (Å²) in [7, 11) is 9.90. The van der Waals surface area contributed by atoms with Crippen LogP contribution >= 0.6 is 24.0 Å². The molecule has 28 heavy (non-hydrogen) atoms. The van der Waals surface area contributed by atoms with E-state index < -0.39 is 0 Å². The Morgan fingerprint density at radius 2 is 2.00 bits per heavy atom. The van der Waals surface area contributed by atoms with Crippen LogP contribution in [0.1, 0.15) is 17.2 Å². The van der Waals surface area contributed by atoms with Crippen molar-refractivity contribution in [3.63, 3.8) is 0 Å². The quantitative estimate of drug-likeness (QED) is 0.343. The summed E-state index contributed by atoms with van der Waals surface area (Å²) in [4.78, 5) is 8.65. The fourth-order valence-corrected chi connectivity index (χ4v) is 2.90. The minimum Gasteiger partial charge on any atom is -0.491 e. The Morgan fingerprint density at radius 1 is 1.29 bits per heavy atom. The molecule has 0 amide bonds. The standard InChI is InChI=1S/C20H32N6O.HI/c1-16-9-7-8-10-19(16)27-12-11-25(5)20(21-2)22-14-18(24(3)4)17-13-23-26(6)15-17;/h7-10,13,15,18H,11-12,14H2,1-6H3,(H,21,22);1H. The highest BCUT2D eigenvalue weighted by Crippen LogP contribution is 2.17. The van der Waals surface area contributed by atoms with Crippen LogP contribution in [0.5, 0.6) is 5.75 Å². The predicted octanol–water partition coefficient (Wildman–Crippen LogP) is 2.54. The van der Waals surface area contributed by atoms with Crippen molar-refractivity contribution in [3.8, 4) is 5.75 Å². The molecule has 156 valence electrons. The van der Waals surface area contributed by atoms with Gasteiger partial charge in [-0.3, -0.25) is 9.67 Å². The highest BCUT2D eigenvalue weighted by molar-refractivity contribution is 14.0. The van der Waals surface area contributed by atoms with Crippen LogP contribution in [-0.2, 0) is 7.05 Å². The van der Waals surface area contributed by atoms with Crippen LogP contribution in [-0.4, -0.2) is 73.4 Å². The molecular weight excluding hydrogens is 467 g/mol. The lowest BCUT2D eigenvalue weighted by Gasteiger charge is -2.27. The van der Waals surface area contributed by atoms with Gasteiger partial charge in [-0.25, -0.2) is 0 Å². The van der Waals surface area contributed by atoms with Gasteiger partial charge in [0, 0.05) is 39.4 Å². The molecule has 1 N–H and O–H groups in total. The summed E-state index contributed by atoms with van der Waals surface area (Å²) in [6.45, 7) is 4.14. The number of nitrogens with one attached hydrogen (secondary N) is 1. The number of para-hydroxylation sites is 1. The van der Waals surface area contributed by atoms with Crippen LogP contribution < -0.4 is 10.1 Å². The zero-order valence-electron chi connectivity index (χ0n) is 17.7. The third-order valence-corrected chi connectivity index (χ3v) is 4.54. The largest absolute Gasteiger partial charge is 0.491 e. The number of aliphatic imine (C=N–C) groups is 1. The molecule has 1 unspecified atom stereocenters. The van der Waals surface area contributed by atoms with Crippen LogP contribution in [0, 0.1) is 6.92 Å². The number of benzene rings is 1. The van der Waals surface area contributed by atoms with Crippen LogP contribution in [0.3, 0.4) is 0 Å². The average molecular weight is 500 g/mol. The van der Waals surface area contributed by atoms with E-state index >= 15 is 0 Å². The molecule has 0 saturated carbocycles. The Labute approximate surface area is 185 Å². The number of hydrogen-bond acceptors (Lipinski definition) is 4. The normalized spacial score (nSPS) is 12.5. The van der Waals surface area contributed by atoms with Crippen molar-refractivity contribution < 1.29 is 4.74 Å². The van der Waals surface area contributed by atoms with E-state index in [2.05, 4.69) is 58.5 Å². The number of nitrogens with zero attached hydrogens (tertiary/aromatic N) is 5. The smallest absolute Gasteiger partial charge is 0.193 e. The van der Waals surface area contributed by atoms with E-state index in [1.807, 2.05) is 43.2 Å². The highest BCUT2D eigenvalue weighted by atomic mass is 127. The molecule has 2 rings (SSSR count). The third kappa shape index (κ3) is 6.97. The van der Waals surface area contributed by atoms with Gasteiger partial charge in [0.05, 0.1) is 18.8 Å². The highest BCUT2D eigenvalue weighted by Gasteiger charge is 2.17. The molecule has 0 aliphatic heterocycles. The van der Waals surface area contributed by atoms with Gasteiger partial charge in [0.15, 0.2) is 5.96 Å². The molecule has 1 aromatic carbocycles. The minimum absolute atomic E-state index is 0. The molecule has 1 atom stereocenters. The summed E-state index contributed by atoms with van der Waals surface area (Å²) < 4.78 is 7.72. The van der Waals surface area contributed by atoms with Crippen LogP contribution in [0.4, 0.5) is 0 Å². The van der Waals surface area contributed by atoms with E-state index in [1.165, 1.54) is 5.56 Å². The molecule has 7 nitrogen and oxygen atoms in total. The van der Waals surface area contributed by atoms with E-state index in [-0.39, 0.29) is 30.0 Å². The van der Waals surface area contributed by atoms with Gasteiger partial charge in [0.1, 0.15) is 12.4 Å². The lowest BCUT2D eigenvalue weighted by Crippen LogP contribution is -2.44. The van der Waals surface area contributed by atoms with Crippen molar-refractivity contribution in [1.82, 2.24) is 24.9 Å². The molecule has 0 aliphatic carbocycles. The number of ether oxygens (including phenoxy) is 1. The summed E-state index contributed by atoms with van der Waals surface area (Å²) in [5.74, 6) is 1.78. The second kappa shape index (κ2) is 11.9. The second-order valence-electron chi connectivity index (χ2n) is 6.89. The van der Waals surface area contributed by atoms with Crippen molar-refractivity contribution in [2.45, 2.75) is 13.0 Å². The lowest BCUT2D eigenvalue weighted by atomic mass is 10.1. The Morgan fingerprint density at radius 3 is 2.57 bits per heavy atom. The fourth-order valence-electron chi connectivity index (χ4n) is 2.90. The fraction of sp³-hybridized carbons (Fsp3) is 0.500. The Kier molecular flexibility index (Phi) is 10.3. The van der Waals surface area contributed by atoms with Gasteiger partial charge in [-0.2, -0.15) is 5.10 Å². The van der Waals surface area contributed by atoms with Gasteiger partial charge in [-0.05, 0) is 32.6 Å². The number of halogens is 1. The minimum atomic E-state index is 0. The monoisotopic (exact) mass is 500 g/mol. The molecule has 0 aliphatic rings. The van der Waals surface area contributed by atoms with Gasteiger partial charge in [-0.1, -0.05) is 18.2 Å². The molecule has 0 saturated heterocycles. The van der Waals surface area contributed by atoms with E-state index in [1.54, 1.807) is 7.05 Å². The first-order chi connectivity index (χ1) is 12.9. The molecule has 0 spiro atoms. The van der Waals surface area contributed by atoms with Gasteiger partial charge in [0.25, 0.3) is 0 Å². The van der Waals surface area contributed by atoms with Crippen molar-refractivity contribution in [1.29, 1.82) is 0 Å². The number of aryl methyl sites for hydroxylation is 2. The van der Waals surface area contributed by atoms with Crippen molar-refractivity contribution >= 4 is 29.9 Å². The van der Waals surface area contributed by atoms with Crippen LogP contribution in [0.25, 0.3) is 0 Å². The summed E-state index contributed by atoms with van der Waals surface area (Å²) in [6.07, 6.45) is 3.96. The molecule has 1 heterocycles. The zero-order chi connectivity index (χ0) is 19.8. The lowest BCUT2D eigenvalue weighted by molar-refractivity contribution is 0.274. The predicted molar refractivity (Wildman–Crippen MR) is 126 cm³/mol. The van der Waals surface area contributed by atoms with Crippen molar-refractivity contribution in [3.05, 3.63) is 47.8 Å². The van der Waals surface area contributed by atoms with E-state index in [9.17, 15) is 0 Å². The Bertz CT molecular complexity index is 746. The van der Waals surface area contributed by atoms with Gasteiger partial charge >= 0.3 is 0 Å². The maximum Gasteiger partial charge on any atom is 0.193 e. The van der Waals surface area contributed by atoms with Gasteiger partial charge in [-0.15, -0.1) is 24.0 Å². The maximum atomic E-state index is 5.89. The van der Waals surface area contributed by atoms with Crippen molar-refractivity contribution in [2.75, 3.05) is 47.9 Å². The third-order valence-electron chi connectivity index (χ3n) is 4.54. The first kappa shape index (κ1) is 24.2. The van der Waals surface area contributed by atoms with Crippen LogP contribution in [0.2, 0.25) is 0 Å². The zero-order valence-corrected chi connectivity index (χ0v) is 20.0. The van der Waals surface area contributed by atoms with Gasteiger partial charge in [0.2, 0.25) is 0 Å². The molecule has 0 bridgehead atoms. The molecule has 0 radical (unpaired) electrons. The topological polar surface area (TPSA) is 57.9 Å². The van der Waals surface area contributed by atoms with E-state index in [0.717, 1.165) is 30.4 Å². The van der Waals surface area contributed by atoms with Crippen molar-refractivity contribution in [2.24, 2.45) is 12.0 Å². The number of rotatable bonds is 8. The number of guanidine groups is 1. The van der Waals surface area contributed by atoms with E-state index in [4.69, 9.17) is 4.74 Å². The number of aromatic nitrogens is 2. The molecule has 1 aromatic heterocycles. The van der Waals surface area contributed by atoms with E-state index in [0.29, 0.717) is 6.61 Å². The summed E-state index contributed by atoms with van der Waals surface area (Å²) >= 11 is 0.